The first-order valence-electron chi connectivity index (χ1n) is 11.3. The van der Waals surface area contributed by atoms with Crippen LogP contribution in [0.25, 0.3) is 16.5 Å². The summed E-state index contributed by atoms with van der Waals surface area (Å²) in [6, 6.07) is 16.1. The Morgan fingerprint density at radius 2 is 1.91 bits per heavy atom. The molecule has 1 aliphatic rings. The molecule has 3 aromatic rings. The number of rotatable bonds is 7. The van der Waals surface area contributed by atoms with Gasteiger partial charge in [-0.2, -0.15) is 0 Å². The van der Waals surface area contributed by atoms with Gasteiger partial charge in [0.1, 0.15) is 0 Å². The largest absolute Gasteiger partial charge is 0.466 e. The number of hydrogen-bond donors (Lipinski definition) is 0. The third-order valence-electron chi connectivity index (χ3n) is 6.03. The van der Waals surface area contributed by atoms with Crippen molar-refractivity contribution in [3.05, 3.63) is 77.4 Å². The molecule has 1 heterocycles. The van der Waals surface area contributed by atoms with Gasteiger partial charge in [-0.05, 0) is 47.7 Å². The minimum Gasteiger partial charge on any atom is -0.466 e. The van der Waals surface area contributed by atoms with Crippen LogP contribution in [-0.4, -0.2) is 24.0 Å². The molecule has 1 fully saturated rings. The number of nitrogens with zero attached hydrogens (tertiary/aromatic N) is 2. The monoisotopic (exact) mass is 460 g/mol. The lowest BCUT2D eigenvalue weighted by Gasteiger charge is -2.30. The summed E-state index contributed by atoms with van der Waals surface area (Å²) in [4.78, 5) is 32.3. The zero-order valence-corrected chi connectivity index (χ0v) is 19.6. The second-order valence-electron chi connectivity index (χ2n) is 8.27. The van der Waals surface area contributed by atoms with Gasteiger partial charge in [-0.15, -0.1) is 11.3 Å². The van der Waals surface area contributed by atoms with Crippen LogP contribution in [0.1, 0.15) is 43.2 Å². The maximum atomic E-state index is 13.6. The average Bonchev–Trinajstić information content (AvgIpc) is 3.41. The number of carbonyl (C=O) groups is 2. The Balaban J connectivity index is 1.60. The molecular formula is C27H28N2O3S. The number of thiazole rings is 1. The molecule has 0 unspecified atom stereocenters. The normalized spacial score (nSPS) is 14.3. The van der Waals surface area contributed by atoms with Crippen LogP contribution in [0.5, 0.6) is 0 Å². The highest BCUT2D eigenvalue weighted by atomic mass is 32.1. The molecule has 1 aromatic heterocycles. The summed E-state index contributed by atoms with van der Waals surface area (Å²) in [5.74, 6) is -0.170. The van der Waals surface area contributed by atoms with Crippen molar-refractivity contribution in [1.29, 1.82) is 0 Å². The first-order chi connectivity index (χ1) is 16.1. The molecule has 1 amide bonds. The molecule has 6 heteroatoms. The number of anilines is 1. The second kappa shape index (κ2) is 11.1. The third-order valence-corrected chi connectivity index (χ3v) is 6.85. The Hall–Kier alpha value is -3.25. The molecule has 1 saturated carbocycles. The summed E-state index contributed by atoms with van der Waals surface area (Å²) in [6.45, 7) is 0.502. The van der Waals surface area contributed by atoms with Crippen molar-refractivity contribution in [2.45, 2.75) is 38.6 Å². The van der Waals surface area contributed by atoms with Crippen LogP contribution in [0, 0.1) is 5.92 Å². The standard InChI is InChI=1S/C27H28N2O3S/c1-32-26(30)15-12-20-6-5-9-24(16-20)29(27(31)23-7-3-2-4-8-23)18-21-10-13-22(14-11-21)25-17-28-19-33-25/h5-6,9-17,19,23H,2-4,7-8,18H2,1H3/b15-12+. The number of amides is 1. The molecule has 0 N–H and O–H groups in total. The van der Waals surface area contributed by atoms with Crippen molar-refractivity contribution < 1.29 is 14.3 Å². The maximum absolute atomic E-state index is 13.6. The molecule has 5 nitrogen and oxygen atoms in total. The highest BCUT2D eigenvalue weighted by Crippen LogP contribution is 2.30. The SMILES string of the molecule is COC(=O)/C=C/c1cccc(N(Cc2ccc(-c3cncs3)cc2)C(=O)C2CCCCC2)c1. The van der Waals surface area contributed by atoms with Crippen LogP contribution < -0.4 is 4.90 Å². The van der Waals surface area contributed by atoms with Crippen LogP contribution in [-0.2, 0) is 20.9 Å². The summed E-state index contributed by atoms with van der Waals surface area (Å²) >= 11 is 1.61. The number of hydrogen-bond acceptors (Lipinski definition) is 5. The summed E-state index contributed by atoms with van der Waals surface area (Å²) in [7, 11) is 1.36. The average molecular weight is 461 g/mol. The van der Waals surface area contributed by atoms with E-state index >= 15 is 0 Å². The maximum Gasteiger partial charge on any atom is 0.330 e. The van der Waals surface area contributed by atoms with E-state index in [4.69, 9.17) is 0 Å². The minimum atomic E-state index is -0.406. The number of carbonyl (C=O) groups excluding carboxylic acids is 2. The van der Waals surface area contributed by atoms with Gasteiger partial charge in [-0.1, -0.05) is 55.7 Å². The van der Waals surface area contributed by atoms with Crippen LogP contribution in [0.2, 0.25) is 0 Å². The fourth-order valence-corrected chi connectivity index (χ4v) is 4.84. The van der Waals surface area contributed by atoms with E-state index in [1.807, 2.05) is 40.9 Å². The highest BCUT2D eigenvalue weighted by molar-refractivity contribution is 7.13. The van der Waals surface area contributed by atoms with Crippen molar-refractivity contribution in [3.8, 4) is 10.4 Å². The predicted octanol–water partition coefficient (Wildman–Crippen LogP) is 6.11. The van der Waals surface area contributed by atoms with Crippen molar-refractivity contribution in [2.24, 2.45) is 5.92 Å². The van der Waals surface area contributed by atoms with Gasteiger partial charge >= 0.3 is 5.97 Å². The van der Waals surface area contributed by atoms with Crippen molar-refractivity contribution in [1.82, 2.24) is 4.98 Å². The number of benzene rings is 2. The quantitative estimate of drug-likeness (QED) is 0.315. The van der Waals surface area contributed by atoms with Crippen molar-refractivity contribution >= 4 is 35.0 Å². The molecular weight excluding hydrogens is 432 g/mol. The summed E-state index contributed by atoms with van der Waals surface area (Å²) < 4.78 is 4.69. The van der Waals surface area contributed by atoms with Gasteiger partial charge in [0, 0.05) is 23.9 Å². The Morgan fingerprint density at radius 1 is 1.12 bits per heavy atom. The number of ether oxygens (including phenoxy) is 1. The van der Waals surface area contributed by atoms with Crippen LogP contribution in [0.3, 0.4) is 0 Å². The van der Waals surface area contributed by atoms with Gasteiger partial charge in [0.25, 0.3) is 0 Å². The smallest absolute Gasteiger partial charge is 0.330 e. The summed E-state index contributed by atoms with van der Waals surface area (Å²) in [5, 5.41) is 0. The van der Waals surface area contributed by atoms with Gasteiger partial charge in [0.05, 0.1) is 24.0 Å². The lowest BCUT2D eigenvalue weighted by Crippen LogP contribution is -2.36. The molecule has 0 bridgehead atoms. The Labute approximate surface area is 198 Å². The van der Waals surface area contributed by atoms with E-state index in [0.717, 1.165) is 52.9 Å². The highest BCUT2D eigenvalue weighted by Gasteiger charge is 2.27. The first-order valence-corrected chi connectivity index (χ1v) is 12.2. The molecule has 4 rings (SSSR count). The Bertz CT molecular complexity index is 1100. The molecule has 0 saturated heterocycles. The fraction of sp³-hybridized carbons (Fsp3) is 0.296. The van der Waals surface area contributed by atoms with E-state index in [9.17, 15) is 9.59 Å². The molecule has 1 aliphatic carbocycles. The zero-order chi connectivity index (χ0) is 23.0. The van der Waals surface area contributed by atoms with E-state index in [2.05, 4.69) is 34.0 Å². The van der Waals surface area contributed by atoms with Gasteiger partial charge in [0.15, 0.2) is 0 Å². The van der Waals surface area contributed by atoms with Gasteiger partial charge < -0.3 is 9.64 Å². The van der Waals surface area contributed by atoms with Gasteiger partial charge in [-0.25, -0.2) is 4.79 Å². The van der Waals surface area contributed by atoms with E-state index in [1.165, 1.54) is 19.6 Å². The molecule has 170 valence electrons. The summed E-state index contributed by atoms with van der Waals surface area (Å²) in [6.07, 6.45) is 10.3. The van der Waals surface area contributed by atoms with E-state index < -0.39 is 5.97 Å². The van der Waals surface area contributed by atoms with E-state index in [1.54, 1.807) is 17.4 Å². The third kappa shape index (κ3) is 5.96. The zero-order valence-electron chi connectivity index (χ0n) is 18.8. The Morgan fingerprint density at radius 3 is 2.61 bits per heavy atom. The van der Waals surface area contributed by atoms with Gasteiger partial charge in [0.2, 0.25) is 5.91 Å². The van der Waals surface area contributed by atoms with Crippen LogP contribution in [0.4, 0.5) is 5.69 Å². The molecule has 33 heavy (non-hydrogen) atoms. The van der Waals surface area contributed by atoms with E-state index in [0.29, 0.717) is 6.54 Å². The van der Waals surface area contributed by atoms with E-state index in [-0.39, 0.29) is 11.8 Å². The predicted molar refractivity (Wildman–Crippen MR) is 133 cm³/mol. The first kappa shape index (κ1) is 22.9. The van der Waals surface area contributed by atoms with Crippen LogP contribution >= 0.6 is 11.3 Å². The van der Waals surface area contributed by atoms with Crippen molar-refractivity contribution in [2.75, 3.05) is 12.0 Å². The molecule has 0 spiro atoms. The molecule has 0 atom stereocenters. The summed E-state index contributed by atoms with van der Waals surface area (Å²) in [5.41, 5.74) is 5.71. The minimum absolute atomic E-state index is 0.0597. The molecule has 0 radical (unpaired) electrons. The Kier molecular flexibility index (Phi) is 7.68. The van der Waals surface area contributed by atoms with Crippen LogP contribution in [0.15, 0.2) is 66.3 Å². The topological polar surface area (TPSA) is 59.5 Å². The fourth-order valence-electron chi connectivity index (χ4n) is 4.21. The number of esters is 1. The number of aromatic nitrogens is 1. The van der Waals surface area contributed by atoms with Crippen molar-refractivity contribution in [3.63, 3.8) is 0 Å². The molecule has 2 aromatic carbocycles. The second-order valence-corrected chi connectivity index (χ2v) is 9.16. The lowest BCUT2D eigenvalue weighted by atomic mass is 9.88. The van der Waals surface area contributed by atoms with Gasteiger partial charge in [-0.3, -0.25) is 9.78 Å². The lowest BCUT2D eigenvalue weighted by molar-refractivity contribution is -0.134. The molecule has 0 aliphatic heterocycles. The number of methoxy groups -OCH3 is 1.